The van der Waals surface area contributed by atoms with Crippen molar-refractivity contribution in [1.82, 2.24) is 14.3 Å². The Labute approximate surface area is 108 Å². The number of carboxylic acid groups (broad SMARTS) is 1. The minimum atomic E-state index is -0.820. The fraction of sp³-hybridized carbons (Fsp3) is 0.600. The van der Waals surface area contributed by atoms with Gasteiger partial charge in [0.25, 0.3) is 0 Å². The minimum absolute atomic E-state index is 0.0319. The zero-order chi connectivity index (χ0) is 13.3. The van der Waals surface area contributed by atoms with Gasteiger partial charge in [0.05, 0.1) is 5.92 Å². The van der Waals surface area contributed by atoms with Crippen LogP contribution in [0.5, 0.6) is 0 Å². The molecule has 2 heterocycles. The number of likely N-dealkylation sites (tertiary alicyclic amines) is 1. The van der Waals surface area contributed by atoms with Gasteiger partial charge in [0.2, 0.25) is 5.13 Å². The molecule has 1 aromatic heterocycles. The molecule has 1 fully saturated rings. The van der Waals surface area contributed by atoms with E-state index in [1.807, 2.05) is 0 Å². The number of hydrogen-bond acceptors (Lipinski definition) is 5. The number of hydrogen-bond donors (Lipinski definition) is 2. The summed E-state index contributed by atoms with van der Waals surface area (Å²) in [6, 6.07) is -0.250. The van der Waals surface area contributed by atoms with Crippen molar-refractivity contribution in [2.45, 2.75) is 13.8 Å². The molecule has 1 aliphatic heterocycles. The number of nitrogens with one attached hydrogen (secondary N) is 1. The molecule has 1 unspecified atom stereocenters. The van der Waals surface area contributed by atoms with E-state index in [0.717, 1.165) is 11.5 Å². The van der Waals surface area contributed by atoms with Crippen molar-refractivity contribution >= 4 is 28.7 Å². The number of carboxylic acids is 1. The molecule has 8 heteroatoms. The second kappa shape index (κ2) is 4.89. The van der Waals surface area contributed by atoms with Gasteiger partial charge in [-0.1, -0.05) is 6.92 Å². The molecular formula is C10H14N4O3S. The van der Waals surface area contributed by atoms with Gasteiger partial charge in [-0.3, -0.25) is 10.1 Å². The lowest BCUT2D eigenvalue weighted by molar-refractivity contribution is -0.144. The van der Waals surface area contributed by atoms with Gasteiger partial charge in [-0.2, -0.15) is 4.37 Å². The van der Waals surface area contributed by atoms with E-state index in [0.29, 0.717) is 24.0 Å². The predicted octanol–water partition coefficient (Wildman–Crippen LogP) is 1.03. The third-order valence-electron chi connectivity index (χ3n) is 3.04. The fourth-order valence-electron chi connectivity index (χ4n) is 1.71. The second-order valence-electron chi connectivity index (χ2n) is 4.37. The van der Waals surface area contributed by atoms with E-state index < -0.39 is 11.9 Å². The van der Waals surface area contributed by atoms with Gasteiger partial charge in [-0.15, -0.1) is 0 Å². The SMILES string of the molecule is Cc1nsc(NC(=O)N2CC(C(C)C(=O)O)C2)n1. The Bertz CT molecular complexity index is 469. The van der Waals surface area contributed by atoms with Crippen LogP contribution >= 0.6 is 11.5 Å². The number of amides is 2. The average Bonchev–Trinajstić information content (AvgIpc) is 2.61. The van der Waals surface area contributed by atoms with E-state index in [2.05, 4.69) is 14.7 Å². The molecule has 2 N–H and O–H groups in total. The molecule has 0 bridgehead atoms. The molecule has 0 aromatic carbocycles. The van der Waals surface area contributed by atoms with Crippen LogP contribution in [-0.4, -0.2) is 44.5 Å². The summed E-state index contributed by atoms with van der Waals surface area (Å²) in [7, 11) is 0. The number of carbonyl (C=O) groups is 2. The van der Waals surface area contributed by atoms with E-state index in [4.69, 9.17) is 5.11 Å². The van der Waals surface area contributed by atoms with E-state index in [1.54, 1.807) is 18.7 Å². The number of aromatic nitrogens is 2. The number of carbonyl (C=O) groups excluding carboxylic acids is 1. The molecule has 98 valence electrons. The Balaban J connectivity index is 1.81. The molecular weight excluding hydrogens is 256 g/mol. The molecule has 7 nitrogen and oxygen atoms in total. The van der Waals surface area contributed by atoms with Crippen LogP contribution in [0.4, 0.5) is 9.93 Å². The summed E-state index contributed by atoms with van der Waals surface area (Å²) in [4.78, 5) is 28.1. The van der Waals surface area contributed by atoms with Crippen LogP contribution in [0.1, 0.15) is 12.7 Å². The van der Waals surface area contributed by atoms with Crippen molar-refractivity contribution in [1.29, 1.82) is 0 Å². The standard InChI is InChI=1S/C10H14N4O3S/c1-5(8(15)16)7-3-14(4-7)10(17)12-9-11-6(2)13-18-9/h5,7H,3-4H2,1-2H3,(H,15,16)(H,11,12,13,17). The highest BCUT2D eigenvalue weighted by Gasteiger charge is 2.37. The molecule has 0 aliphatic carbocycles. The highest BCUT2D eigenvalue weighted by Crippen LogP contribution is 2.24. The van der Waals surface area contributed by atoms with Crippen LogP contribution in [0.25, 0.3) is 0 Å². The van der Waals surface area contributed by atoms with Crippen LogP contribution in [-0.2, 0) is 4.79 Å². The summed E-state index contributed by atoms with van der Waals surface area (Å²) in [5.41, 5.74) is 0. The Morgan fingerprint density at radius 3 is 2.72 bits per heavy atom. The summed E-state index contributed by atoms with van der Waals surface area (Å²) in [5.74, 6) is -0.585. The predicted molar refractivity (Wildman–Crippen MR) is 65.5 cm³/mol. The van der Waals surface area contributed by atoms with Crippen molar-refractivity contribution in [2.24, 2.45) is 11.8 Å². The largest absolute Gasteiger partial charge is 0.481 e. The normalized spacial score (nSPS) is 17.1. The van der Waals surface area contributed by atoms with Crippen LogP contribution in [0.2, 0.25) is 0 Å². The van der Waals surface area contributed by atoms with Gasteiger partial charge in [0.1, 0.15) is 5.82 Å². The second-order valence-corrected chi connectivity index (χ2v) is 5.12. The number of nitrogens with zero attached hydrogens (tertiary/aromatic N) is 3. The van der Waals surface area contributed by atoms with Crippen LogP contribution < -0.4 is 5.32 Å². The molecule has 1 saturated heterocycles. The summed E-state index contributed by atoms with van der Waals surface area (Å²) in [6.07, 6.45) is 0. The van der Waals surface area contributed by atoms with Gasteiger partial charge in [0, 0.05) is 30.5 Å². The lowest BCUT2D eigenvalue weighted by atomic mass is 9.87. The van der Waals surface area contributed by atoms with Gasteiger partial charge in [-0.25, -0.2) is 9.78 Å². The van der Waals surface area contributed by atoms with E-state index >= 15 is 0 Å². The lowest BCUT2D eigenvalue weighted by Gasteiger charge is -2.40. The molecule has 0 radical (unpaired) electrons. The quantitative estimate of drug-likeness (QED) is 0.855. The highest BCUT2D eigenvalue weighted by molar-refractivity contribution is 7.09. The molecule has 1 aromatic rings. The average molecular weight is 270 g/mol. The number of anilines is 1. The van der Waals surface area contributed by atoms with Gasteiger partial charge in [0.15, 0.2) is 0 Å². The van der Waals surface area contributed by atoms with Gasteiger partial charge >= 0.3 is 12.0 Å². The Morgan fingerprint density at radius 2 is 2.22 bits per heavy atom. The fourth-order valence-corrected chi connectivity index (χ4v) is 2.28. The van der Waals surface area contributed by atoms with Crippen molar-refractivity contribution in [3.63, 3.8) is 0 Å². The molecule has 1 atom stereocenters. The number of aliphatic carboxylic acids is 1. The maximum atomic E-state index is 11.7. The molecule has 2 rings (SSSR count). The van der Waals surface area contributed by atoms with Crippen molar-refractivity contribution in [3.05, 3.63) is 5.82 Å². The first-order chi connectivity index (χ1) is 8.47. The van der Waals surface area contributed by atoms with Crippen molar-refractivity contribution < 1.29 is 14.7 Å². The zero-order valence-electron chi connectivity index (χ0n) is 10.1. The van der Waals surface area contributed by atoms with Crippen molar-refractivity contribution in [2.75, 3.05) is 18.4 Å². The van der Waals surface area contributed by atoms with Crippen molar-refractivity contribution in [3.8, 4) is 0 Å². The Hall–Kier alpha value is -1.70. The molecule has 18 heavy (non-hydrogen) atoms. The topological polar surface area (TPSA) is 95.4 Å². The van der Waals surface area contributed by atoms with E-state index in [9.17, 15) is 9.59 Å². The molecule has 1 aliphatic rings. The third-order valence-corrected chi connectivity index (χ3v) is 3.76. The number of urea groups is 1. The van der Waals surface area contributed by atoms with E-state index in [-0.39, 0.29) is 11.9 Å². The van der Waals surface area contributed by atoms with Crippen LogP contribution in [0.3, 0.4) is 0 Å². The third kappa shape index (κ3) is 2.58. The molecule has 0 spiro atoms. The number of rotatable bonds is 3. The molecule has 2 amide bonds. The molecule has 0 saturated carbocycles. The minimum Gasteiger partial charge on any atom is -0.481 e. The van der Waals surface area contributed by atoms with E-state index in [1.165, 1.54) is 0 Å². The summed E-state index contributed by atoms with van der Waals surface area (Å²) < 4.78 is 3.96. The first-order valence-corrected chi connectivity index (χ1v) is 6.33. The maximum absolute atomic E-state index is 11.7. The monoisotopic (exact) mass is 270 g/mol. The summed E-state index contributed by atoms with van der Waals surface area (Å²) in [6.45, 7) is 4.35. The smallest absolute Gasteiger partial charge is 0.323 e. The van der Waals surface area contributed by atoms with Gasteiger partial charge in [-0.05, 0) is 6.92 Å². The summed E-state index contributed by atoms with van der Waals surface area (Å²) >= 11 is 1.13. The Morgan fingerprint density at radius 1 is 1.56 bits per heavy atom. The maximum Gasteiger partial charge on any atom is 0.323 e. The number of aryl methyl sites for hydroxylation is 1. The van der Waals surface area contributed by atoms with Gasteiger partial charge < -0.3 is 10.0 Å². The lowest BCUT2D eigenvalue weighted by Crippen LogP contribution is -2.54. The highest BCUT2D eigenvalue weighted by atomic mass is 32.1. The zero-order valence-corrected chi connectivity index (χ0v) is 10.9. The summed E-state index contributed by atoms with van der Waals surface area (Å²) in [5, 5.41) is 11.9. The Kier molecular flexibility index (Phi) is 3.46. The first kappa shape index (κ1) is 12.7. The van der Waals surface area contributed by atoms with Crippen LogP contribution in [0, 0.1) is 18.8 Å². The first-order valence-electron chi connectivity index (χ1n) is 5.56. The van der Waals surface area contributed by atoms with Crippen LogP contribution in [0.15, 0.2) is 0 Å².